The van der Waals surface area contributed by atoms with E-state index in [0.29, 0.717) is 6.42 Å². The second kappa shape index (κ2) is 5.81. The predicted molar refractivity (Wildman–Crippen MR) is 63.5 cm³/mol. The van der Waals surface area contributed by atoms with Gasteiger partial charge in [-0.05, 0) is 12.3 Å². The fourth-order valence-electron chi connectivity index (χ4n) is 1.92. The maximum Gasteiger partial charge on any atom is 0.325 e. The maximum atomic E-state index is 12.0. The number of nitrogens with zero attached hydrogens (tertiary/aromatic N) is 1. The number of amides is 4. The SMILES string of the molecule is COC[C@@H]1NC(=O)N(C(CC(C)C)C(N)=O)C1=O. The van der Waals surface area contributed by atoms with Crippen molar-refractivity contribution in [2.24, 2.45) is 11.7 Å². The molecular formula is C11H19N3O4. The fraction of sp³-hybridized carbons (Fsp3) is 0.727. The number of hydrogen-bond donors (Lipinski definition) is 2. The van der Waals surface area contributed by atoms with Crippen LogP contribution in [-0.4, -0.2) is 48.5 Å². The molecule has 1 aliphatic heterocycles. The van der Waals surface area contributed by atoms with Gasteiger partial charge in [-0.15, -0.1) is 0 Å². The molecule has 1 saturated heterocycles. The Morgan fingerprint density at radius 2 is 2.11 bits per heavy atom. The van der Waals surface area contributed by atoms with Crippen molar-refractivity contribution in [3.05, 3.63) is 0 Å². The molecule has 0 aromatic carbocycles. The summed E-state index contributed by atoms with van der Waals surface area (Å²) < 4.78 is 4.84. The number of methoxy groups -OCH3 is 1. The Labute approximate surface area is 106 Å². The minimum Gasteiger partial charge on any atom is -0.382 e. The molecule has 4 amide bonds. The van der Waals surface area contributed by atoms with Crippen molar-refractivity contribution in [3.8, 4) is 0 Å². The van der Waals surface area contributed by atoms with Gasteiger partial charge in [0.05, 0.1) is 6.61 Å². The molecular weight excluding hydrogens is 238 g/mol. The molecule has 0 aromatic rings. The summed E-state index contributed by atoms with van der Waals surface area (Å²) in [5, 5.41) is 2.47. The zero-order valence-corrected chi connectivity index (χ0v) is 10.8. The standard InChI is InChI=1S/C11H19N3O4/c1-6(2)4-8(9(12)15)14-10(16)7(5-18-3)13-11(14)17/h6-8H,4-5H2,1-3H3,(H2,12,15)(H,13,17)/t7-,8?/m0/s1. The van der Waals surface area contributed by atoms with Crippen molar-refractivity contribution in [2.45, 2.75) is 32.4 Å². The summed E-state index contributed by atoms with van der Waals surface area (Å²) in [4.78, 5) is 36.0. The minimum atomic E-state index is -0.903. The van der Waals surface area contributed by atoms with Gasteiger partial charge in [0, 0.05) is 7.11 Å². The monoisotopic (exact) mass is 257 g/mol. The zero-order valence-electron chi connectivity index (χ0n) is 10.8. The summed E-state index contributed by atoms with van der Waals surface area (Å²) in [6.07, 6.45) is 0.355. The van der Waals surface area contributed by atoms with Gasteiger partial charge in [0.1, 0.15) is 12.1 Å². The van der Waals surface area contributed by atoms with Gasteiger partial charge >= 0.3 is 6.03 Å². The first-order valence-corrected chi connectivity index (χ1v) is 5.80. The highest BCUT2D eigenvalue weighted by atomic mass is 16.5. The molecule has 2 atom stereocenters. The molecule has 1 heterocycles. The summed E-state index contributed by atoms with van der Waals surface area (Å²) in [6, 6.07) is -2.23. The molecule has 1 unspecified atom stereocenters. The van der Waals surface area contributed by atoms with E-state index < -0.39 is 29.9 Å². The first-order chi connectivity index (χ1) is 8.38. The topological polar surface area (TPSA) is 102 Å². The van der Waals surface area contributed by atoms with Gasteiger partial charge < -0.3 is 15.8 Å². The van der Waals surface area contributed by atoms with Crippen molar-refractivity contribution in [3.63, 3.8) is 0 Å². The smallest absolute Gasteiger partial charge is 0.325 e. The molecule has 102 valence electrons. The van der Waals surface area contributed by atoms with Crippen molar-refractivity contribution in [1.29, 1.82) is 0 Å². The van der Waals surface area contributed by atoms with Crippen LogP contribution in [0.3, 0.4) is 0 Å². The summed E-state index contributed by atoms with van der Waals surface area (Å²) in [6.45, 7) is 3.86. The number of primary amides is 1. The molecule has 1 aliphatic rings. The van der Waals surface area contributed by atoms with E-state index >= 15 is 0 Å². The Hall–Kier alpha value is -1.63. The Morgan fingerprint density at radius 3 is 2.56 bits per heavy atom. The number of ether oxygens (including phenoxy) is 1. The molecule has 0 bridgehead atoms. The zero-order chi connectivity index (χ0) is 13.9. The Bertz CT molecular complexity index is 356. The van der Waals surface area contributed by atoms with Crippen LogP contribution in [0, 0.1) is 5.92 Å². The summed E-state index contributed by atoms with van der Waals surface area (Å²) in [7, 11) is 1.43. The van der Waals surface area contributed by atoms with Gasteiger partial charge in [-0.2, -0.15) is 0 Å². The Balaban J connectivity index is 2.88. The van der Waals surface area contributed by atoms with Crippen molar-refractivity contribution < 1.29 is 19.1 Å². The number of nitrogens with two attached hydrogens (primary N) is 1. The molecule has 0 aliphatic carbocycles. The lowest BCUT2D eigenvalue weighted by molar-refractivity contribution is -0.135. The molecule has 7 heteroatoms. The van der Waals surface area contributed by atoms with Crippen LogP contribution in [0.15, 0.2) is 0 Å². The average molecular weight is 257 g/mol. The lowest BCUT2D eigenvalue weighted by Gasteiger charge is -2.23. The highest BCUT2D eigenvalue weighted by Gasteiger charge is 2.44. The summed E-state index contributed by atoms with van der Waals surface area (Å²) >= 11 is 0. The second-order valence-electron chi connectivity index (χ2n) is 4.71. The molecule has 0 aromatic heterocycles. The summed E-state index contributed by atoms with van der Waals surface area (Å²) in [5.41, 5.74) is 5.26. The predicted octanol–water partition coefficient (Wildman–Crippen LogP) is -0.547. The van der Waals surface area contributed by atoms with E-state index in [1.807, 2.05) is 13.8 Å². The first-order valence-electron chi connectivity index (χ1n) is 5.80. The van der Waals surface area contributed by atoms with Gasteiger partial charge in [-0.25, -0.2) is 9.69 Å². The average Bonchev–Trinajstić information content (AvgIpc) is 2.52. The van der Waals surface area contributed by atoms with Crippen LogP contribution in [0.2, 0.25) is 0 Å². The van der Waals surface area contributed by atoms with Crippen LogP contribution in [0.5, 0.6) is 0 Å². The van der Waals surface area contributed by atoms with Crippen LogP contribution in [0.25, 0.3) is 0 Å². The van der Waals surface area contributed by atoms with Crippen LogP contribution < -0.4 is 11.1 Å². The molecule has 7 nitrogen and oxygen atoms in total. The van der Waals surface area contributed by atoms with E-state index in [-0.39, 0.29) is 12.5 Å². The quantitative estimate of drug-likeness (QED) is 0.623. The lowest BCUT2D eigenvalue weighted by Crippen LogP contribution is -2.49. The van der Waals surface area contributed by atoms with E-state index in [0.717, 1.165) is 4.90 Å². The lowest BCUT2D eigenvalue weighted by atomic mass is 10.0. The molecule has 0 spiro atoms. The number of nitrogens with one attached hydrogen (secondary N) is 1. The third-order valence-electron chi connectivity index (χ3n) is 2.72. The van der Waals surface area contributed by atoms with Crippen LogP contribution in [0.4, 0.5) is 4.79 Å². The number of rotatable bonds is 6. The normalized spacial score (nSPS) is 21.3. The van der Waals surface area contributed by atoms with Crippen LogP contribution in [0.1, 0.15) is 20.3 Å². The molecule has 18 heavy (non-hydrogen) atoms. The number of imide groups is 1. The van der Waals surface area contributed by atoms with Crippen molar-refractivity contribution >= 4 is 17.8 Å². The molecule has 1 rings (SSSR count). The maximum absolute atomic E-state index is 12.0. The third-order valence-corrected chi connectivity index (χ3v) is 2.72. The Morgan fingerprint density at radius 1 is 1.50 bits per heavy atom. The molecule has 0 radical (unpaired) electrons. The van der Waals surface area contributed by atoms with Gasteiger partial charge in [-0.3, -0.25) is 9.59 Å². The van der Waals surface area contributed by atoms with Gasteiger partial charge in [0.15, 0.2) is 0 Å². The molecule has 1 fully saturated rings. The van der Waals surface area contributed by atoms with Crippen LogP contribution >= 0.6 is 0 Å². The Kier molecular flexibility index (Phi) is 4.66. The van der Waals surface area contributed by atoms with Crippen LogP contribution in [-0.2, 0) is 14.3 Å². The first kappa shape index (κ1) is 14.4. The number of carbonyl (C=O) groups is 3. The van der Waals surface area contributed by atoms with E-state index in [1.54, 1.807) is 0 Å². The number of urea groups is 1. The van der Waals surface area contributed by atoms with E-state index in [2.05, 4.69) is 5.32 Å². The van der Waals surface area contributed by atoms with Gasteiger partial charge in [0.25, 0.3) is 5.91 Å². The van der Waals surface area contributed by atoms with Crippen molar-refractivity contribution in [2.75, 3.05) is 13.7 Å². The minimum absolute atomic E-state index is 0.0776. The van der Waals surface area contributed by atoms with E-state index in [4.69, 9.17) is 10.5 Å². The fourth-order valence-corrected chi connectivity index (χ4v) is 1.92. The van der Waals surface area contributed by atoms with Gasteiger partial charge in [0.2, 0.25) is 5.91 Å². The highest BCUT2D eigenvalue weighted by Crippen LogP contribution is 2.17. The molecule has 0 saturated carbocycles. The second-order valence-corrected chi connectivity index (χ2v) is 4.71. The number of hydrogen-bond acceptors (Lipinski definition) is 4. The third kappa shape index (κ3) is 2.98. The van der Waals surface area contributed by atoms with Crippen molar-refractivity contribution in [1.82, 2.24) is 10.2 Å². The van der Waals surface area contributed by atoms with Gasteiger partial charge in [-0.1, -0.05) is 13.8 Å². The number of carbonyl (C=O) groups excluding carboxylic acids is 3. The largest absolute Gasteiger partial charge is 0.382 e. The molecule has 3 N–H and O–H groups in total. The van der Waals surface area contributed by atoms with E-state index in [1.165, 1.54) is 7.11 Å². The van der Waals surface area contributed by atoms with E-state index in [9.17, 15) is 14.4 Å². The summed E-state index contributed by atoms with van der Waals surface area (Å²) in [5.74, 6) is -0.999. The highest BCUT2D eigenvalue weighted by molar-refractivity contribution is 6.07.